The van der Waals surface area contributed by atoms with Gasteiger partial charge in [0.15, 0.2) is 5.96 Å². The van der Waals surface area contributed by atoms with Crippen molar-refractivity contribution >= 4 is 11.9 Å². The first-order valence-electron chi connectivity index (χ1n) is 5.44. The van der Waals surface area contributed by atoms with Crippen molar-refractivity contribution in [3.63, 3.8) is 0 Å². The van der Waals surface area contributed by atoms with Gasteiger partial charge in [0.1, 0.15) is 0 Å². The van der Waals surface area contributed by atoms with E-state index < -0.39 is 0 Å². The van der Waals surface area contributed by atoms with E-state index >= 15 is 0 Å². The molecule has 0 aliphatic carbocycles. The molecule has 0 spiro atoms. The van der Waals surface area contributed by atoms with Crippen LogP contribution in [0.3, 0.4) is 0 Å². The fourth-order valence-corrected chi connectivity index (χ4v) is 0.983. The van der Waals surface area contributed by atoms with Crippen molar-refractivity contribution in [1.29, 1.82) is 0 Å². The zero-order valence-electron chi connectivity index (χ0n) is 10.3. The predicted octanol–water partition coefficient (Wildman–Crippen LogP) is -0.676. The highest BCUT2D eigenvalue weighted by atomic mass is 16.5. The third-order valence-electron chi connectivity index (χ3n) is 1.81. The summed E-state index contributed by atoms with van der Waals surface area (Å²) in [7, 11) is 3.29. The van der Waals surface area contributed by atoms with E-state index in [0.29, 0.717) is 25.7 Å². The number of guanidine groups is 1. The third kappa shape index (κ3) is 8.05. The first-order chi connectivity index (χ1) is 7.74. The number of amides is 1. The third-order valence-corrected chi connectivity index (χ3v) is 1.81. The van der Waals surface area contributed by atoms with E-state index in [1.54, 1.807) is 14.2 Å². The molecule has 0 heterocycles. The lowest BCUT2D eigenvalue weighted by Crippen LogP contribution is -2.44. The van der Waals surface area contributed by atoms with E-state index in [1.165, 1.54) is 0 Å². The van der Waals surface area contributed by atoms with Gasteiger partial charge in [-0.3, -0.25) is 9.79 Å². The van der Waals surface area contributed by atoms with Crippen LogP contribution in [-0.4, -0.2) is 52.3 Å². The molecule has 6 heteroatoms. The second kappa shape index (κ2) is 10.2. The Morgan fingerprint density at radius 1 is 1.25 bits per heavy atom. The molecule has 0 radical (unpaired) electrons. The van der Waals surface area contributed by atoms with Crippen LogP contribution in [0.5, 0.6) is 0 Å². The fourth-order valence-electron chi connectivity index (χ4n) is 0.983. The number of ether oxygens (including phenoxy) is 1. The lowest BCUT2D eigenvalue weighted by atomic mass is 10.4. The van der Waals surface area contributed by atoms with E-state index in [1.807, 2.05) is 6.92 Å². The molecule has 6 nitrogen and oxygen atoms in total. The van der Waals surface area contributed by atoms with E-state index in [-0.39, 0.29) is 12.5 Å². The van der Waals surface area contributed by atoms with Crippen LogP contribution in [0.15, 0.2) is 4.99 Å². The molecule has 0 aromatic carbocycles. The zero-order valence-corrected chi connectivity index (χ0v) is 10.3. The van der Waals surface area contributed by atoms with Crippen molar-refractivity contribution in [3.8, 4) is 0 Å². The summed E-state index contributed by atoms with van der Waals surface area (Å²) >= 11 is 0. The molecule has 0 bridgehead atoms. The molecule has 0 aliphatic rings. The van der Waals surface area contributed by atoms with E-state index in [0.717, 1.165) is 6.42 Å². The van der Waals surface area contributed by atoms with Gasteiger partial charge in [-0.2, -0.15) is 0 Å². The van der Waals surface area contributed by atoms with Crippen LogP contribution >= 0.6 is 0 Å². The molecule has 0 aromatic rings. The summed E-state index contributed by atoms with van der Waals surface area (Å²) in [6.07, 6.45) is 0.937. The Morgan fingerprint density at radius 3 is 2.56 bits per heavy atom. The molecule has 0 saturated carbocycles. The van der Waals surface area contributed by atoms with Crippen molar-refractivity contribution in [2.24, 2.45) is 4.99 Å². The van der Waals surface area contributed by atoms with Crippen LogP contribution < -0.4 is 16.0 Å². The maximum atomic E-state index is 11.3. The minimum Gasteiger partial charge on any atom is -0.383 e. The highest BCUT2D eigenvalue weighted by molar-refractivity contribution is 5.86. The van der Waals surface area contributed by atoms with Crippen LogP contribution in [0.1, 0.15) is 13.3 Å². The molecule has 94 valence electrons. The number of nitrogens with zero attached hydrogens (tertiary/aromatic N) is 1. The number of methoxy groups -OCH3 is 1. The molecule has 0 unspecified atom stereocenters. The number of rotatable bonds is 7. The maximum absolute atomic E-state index is 11.3. The van der Waals surface area contributed by atoms with Crippen LogP contribution in [-0.2, 0) is 9.53 Å². The number of carbonyl (C=O) groups excluding carboxylic acids is 1. The van der Waals surface area contributed by atoms with Crippen LogP contribution in [0.2, 0.25) is 0 Å². The molecular formula is C10H22N4O2. The van der Waals surface area contributed by atoms with Crippen LogP contribution in [0.25, 0.3) is 0 Å². The summed E-state index contributed by atoms with van der Waals surface area (Å²) in [6, 6.07) is 0. The average molecular weight is 230 g/mol. The number of aliphatic imine (C=N–C) groups is 1. The first-order valence-corrected chi connectivity index (χ1v) is 5.44. The molecular weight excluding hydrogens is 208 g/mol. The van der Waals surface area contributed by atoms with E-state index in [4.69, 9.17) is 4.74 Å². The monoisotopic (exact) mass is 230 g/mol. The van der Waals surface area contributed by atoms with Gasteiger partial charge in [0.25, 0.3) is 0 Å². The summed E-state index contributed by atoms with van der Waals surface area (Å²) < 4.78 is 4.89. The maximum Gasteiger partial charge on any atom is 0.239 e. The Bertz CT molecular complexity index is 219. The van der Waals surface area contributed by atoms with Gasteiger partial charge in [-0.25, -0.2) is 0 Å². The Morgan fingerprint density at radius 2 is 2.00 bits per heavy atom. The highest BCUT2D eigenvalue weighted by Crippen LogP contribution is 1.73. The van der Waals surface area contributed by atoms with Crippen molar-refractivity contribution in [3.05, 3.63) is 0 Å². The molecule has 0 aliphatic heterocycles. The SMILES string of the molecule is CCCNC(=O)CNC(=NC)NCCOC. The Labute approximate surface area is 96.8 Å². The summed E-state index contributed by atoms with van der Waals surface area (Å²) in [5.74, 6) is 0.570. The Kier molecular flexibility index (Phi) is 9.39. The molecule has 0 fully saturated rings. The molecule has 0 atom stereocenters. The fraction of sp³-hybridized carbons (Fsp3) is 0.800. The van der Waals surface area contributed by atoms with E-state index in [2.05, 4.69) is 20.9 Å². The summed E-state index contributed by atoms with van der Waals surface area (Å²) in [4.78, 5) is 15.2. The first kappa shape index (κ1) is 14.7. The minimum atomic E-state index is -0.0310. The van der Waals surface area contributed by atoms with Crippen LogP contribution in [0, 0.1) is 0 Å². The van der Waals surface area contributed by atoms with Crippen molar-refractivity contribution < 1.29 is 9.53 Å². The smallest absolute Gasteiger partial charge is 0.239 e. The van der Waals surface area contributed by atoms with Gasteiger partial charge in [0.05, 0.1) is 13.2 Å². The normalized spacial score (nSPS) is 11.1. The minimum absolute atomic E-state index is 0.0310. The van der Waals surface area contributed by atoms with Gasteiger partial charge in [-0.15, -0.1) is 0 Å². The summed E-state index contributed by atoms with van der Waals surface area (Å²) in [5.41, 5.74) is 0. The number of nitrogens with one attached hydrogen (secondary N) is 3. The van der Waals surface area contributed by atoms with Crippen LogP contribution in [0.4, 0.5) is 0 Å². The van der Waals surface area contributed by atoms with Gasteiger partial charge >= 0.3 is 0 Å². The van der Waals surface area contributed by atoms with Gasteiger partial charge in [-0.1, -0.05) is 6.92 Å². The average Bonchev–Trinajstić information content (AvgIpc) is 2.31. The lowest BCUT2D eigenvalue weighted by Gasteiger charge is -2.11. The second-order valence-electron chi connectivity index (χ2n) is 3.20. The number of hydrogen-bond acceptors (Lipinski definition) is 3. The molecule has 3 N–H and O–H groups in total. The summed E-state index contributed by atoms with van der Waals surface area (Å²) in [6.45, 7) is 4.21. The Hall–Kier alpha value is -1.30. The van der Waals surface area contributed by atoms with Gasteiger partial charge in [-0.05, 0) is 6.42 Å². The largest absolute Gasteiger partial charge is 0.383 e. The lowest BCUT2D eigenvalue weighted by molar-refractivity contribution is -0.120. The standard InChI is InChI=1S/C10H22N4O2/c1-4-5-12-9(15)8-14-10(11-2)13-6-7-16-3/h4-8H2,1-3H3,(H,12,15)(H2,11,13,14). The second-order valence-corrected chi connectivity index (χ2v) is 3.20. The topological polar surface area (TPSA) is 74.8 Å². The molecule has 0 aromatic heterocycles. The zero-order chi connectivity index (χ0) is 12.2. The van der Waals surface area contributed by atoms with E-state index in [9.17, 15) is 4.79 Å². The number of hydrogen-bond donors (Lipinski definition) is 3. The quantitative estimate of drug-likeness (QED) is 0.308. The number of carbonyl (C=O) groups is 1. The Balaban J connectivity index is 3.66. The van der Waals surface area contributed by atoms with Gasteiger partial charge < -0.3 is 20.7 Å². The molecule has 0 saturated heterocycles. The summed E-state index contributed by atoms with van der Waals surface area (Å²) in [5, 5.41) is 8.69. The van der Waals surface area contributed by atoms with Crippen molar-refractivity contribution in [1.82, 2.24) is 16.0 Å². The predicted molar refractivity (Wildman–Crippen MR) is 64.5 cm³/mol. The van der Waals surface area contributed by atoms with Crippen molar-refractivity contribution in [2.75, 3.05) is 40.4 Å². The van der Waals surface area contributed by atoms with Gasteiger partial charge in [0, 0.05) is 27.2 Å². The highest BCUT2D eigenvalue weighted by Gasteiger charge is 2.01. The van der Waals surface area contributed by atoms with Gasteiger partial charge in [0.2, 0.25) is 5.91 Å². The molecule has 0 rings (SSSR count). The molecule has 1 amide bonds. The van der Waals surface area contributed by atoms with Crippen molar-refractivity contribution in [2.45, 2.75) is 13.3 Å². The molecule has 16 heavy (non-hydrogen) atoms.